The summed E-state index contributed by atoms with van der Waals surface area (Å²) in [5.74, 6) is -0.681. The van der Waals surface area contributed by atoms with Crippen LogP contribution in [-0.2, 0) is 27.2 Å². The fourth-order valence-corrected chi connectivity index (χ4v) is 3.31. The quantitative estimate of drug-likeness (QED) is 0.768. The van der Waals surface area contributed by atoms with Crippen LogP contribution in [0.3, 0.4) is 0 Å². The van der Waals surface area contributed by atoms with E-state index >= 15 is 0 Å². The van der Waals surface area contributed by atoms with E-state index in [1.165, 1.54) is 11.1 Å². The summed E-state index contributed by atoms with van der Waals surface area (Å²) in [6.07, 6.45) is 1.42. The molecule has 0 heterocycles. The van der Waals surface area contributed by atoms with Crippen molar-refractivity contribution in [3.63, 3.8) is 0 Å². The Labute approximate surface area is 158 Å². The largest absolute Gasteiger partial charge is 0.494 e. The molecule has 0 spiro atoms. The molecule has 142 valence electrons. The highest BCUT2D eigenvalue weighted by atomic mass is 16.5. The molecule has 2 N–H and O–H groups in total. The molecule has 0 atom stereocenters. The zero-order valence-electron chi connectivity index (χ0n) is 15.6. The molecule has 0 saturated heterocycles. The Bertz CT molecular complexity index is 792. The van der Waals surface area contributed by atoms with Crippen LogP contribution in [0, 0.1) is 0 Å². The van der Waals surface area contributed by atoms with Gasteiger partial charge in [-0.2, -0.15) is 0 Å². The van der Waals surface area contributed by atoms with Crippen molar-refractivity contribution >= 4 is 17.5 Å². The number of hydrogen-bond acceptors (Lipinski definition) is 4. The number of anilines is 1. The monoisotopic (exact) mass is 368 g/mol. The first-order chi connectivity index (χ1) is 13.0. The molecule has 27 heavy (non-hydrogen) atoms. The number of rotatable bonds is 6. The number of ether oxygens (including phenoxy) is 2. The van der Waals surface area contributed by atoms with Gasteiger partial charge in [-0.15, -0.1) is 0 Å². The van der Waals surface area contributed by atoms with E-state index < -0.39 is 17.4 Å². The van der Waals surface area contributed by atoms with Crippen molar-refractivity contribution < 1.29 is 19.1 Å². The van der Waals surface area contributed by atoms with Crippen molar-refractivity contribution in [2.24, 2.45) is 0 Å². The third-order valence-corrected chi connectivity index (χ3v) is 4.78. The summed E-state index contributed by atoms with van der Waals surface area (Å²) in [5, 5.41) is 5.29. The van der Waals surface area contributed by atoms with Gasteiger partial charge in [0.25, 0.3) is 0 Å². The molecular formula is C21H24N2O4. The molecular weight excluding hydrogens is 344 g/mol. The summed E-state index contributed by atoms with van der Waals surface area (Å²) < 4.78 is 11.1. The number of methoxy groups -OCH3 is 1. The van der Waals surface area contributed by atoms with Gasteiger partial charge in [0.2, 0.25) is 0 Å². The van der Waals surface area contributed by atoms with E-state index in [9.17, 15) is 9.59 Å². The summed E-state index contributed by atoms with van der Waals surface area (Å²) in [5.41, 5.74) is 2.45. The molecule has 2 aromatic rings. The Morgan fingerprint density at radius 3 is 2.19 bits per heavy atom. The maximum atomic E-state index is 12.2. The summed E-state index contributed by atoms with van der Waals surface area (Å²) in [4.78, 5) is 24.3. The van der Waals surface area contributed by atoms with Crippen molar-refractivity contribution in [2.45, 2.75) is 25.4 Å². The molecule has 6 nitrogen and oxygen atoms in total. The van der Waals surface area contributed by atoms with Crippen molar-refractivity contribution in [3.05, 3.63) is 59.7 Å². The normalized spacial score (nSPS) is 14.3. The minimum atomic E-state index is -0.707. The average molecular weight is 368 g/mol. The Morgan fingerprint density at radius 1 is 1.00 bits per heavy atom. The van der Waals surface area contributed by atoms with E-state index in [0.29, 0.717) is 30.9 Å². The fourth-order valence-electron chi connectivity index (χ4n) is 3.31. The van der Waals surface area contributed by atoms with Gasteiger partial charge in [-0.3, -0.25) is 9.59 Å². The number of carbonyl (C=O) groups excluding carboxylic acids is 2. The first kappa shape index (κ1) is 18.9. The van der Waals surface area contributed by atoms with Gasteiger partial charge >= 0.3 is 11.8 Å². The van der Waals surface area contributed by atoms with Gasteiger partial charge in [0.05, 0.1) is 12.2 Å². The number of nitrogens with one attached hydrogen (secondary N) is 2. The Balaban J connectivity index is 1.54. The zero-order valence-corrected chi connectivity index (χ0v) is 15.6. The predicted octanol–water partition coefficient (Wildman–Crippen LogP) is 2.32. The van der Waals surface area contributed by atoms with Crippen molar-refractivity contribution in [1.82, 2.24) is 5.32 Å². The van der Waals surface area contributed by atoms with Crippen LogP contribution >= 0.6 is 0 Å². The first-order valence-corrected chi connectivity index (χ1v) is 8.99. The smallest absolute Gasteiger partial charge is 0.313 e. The van der Waals surface area contributed by atoms with Crippen LogP contribution in [0.5, 0.6) is 5.75 Å². The van der Waals surface area contributed by atoms with Gasteiger partial charge in [0, 0.05) is 32.2 Å². The molecule has 0 aromatic heterocycles. The van der Waals surface area contributed by atoms with Crippen LogP contribution in [0.2, 0.25) is 0 Å². The van der Waals surface area contributed by atoms with Gasteiger partial charge in [-0.1, -0.05) is 24.3 Å². The number of amides is 2. The lowest BCUT2D eigenvalue weighted by Crippen LogP contribution is -2.48. The third-order valence-electron chi connectivity index (χ3n) is 4.78. The SMILES string of the molecule is CCOc1ccc(NC(=O)C(=O)NCC2(OC)Cc3ccccc3C2)cc1. The Morgan fingerprint density at radius 2 is 1.63 bits per heavy atom. The van der Waals surface area contributed by atoms with E-state index in [4.69, 9.17) is 9.47 Å². The van der Waals surface area contributed by atoms with E-state index in [1.54, 1.807) is 31.4 Å². The first-order valence-electron chi connectivity index (χ1n) is 8.99. The number of hydrogen-bond donors (Lipinski definition) is 2. The maximum Gasteiger partial charge on any atom is 0.313 e. The van der Waals surface area contributed by atoms with Crippen molar-refractivity contribution in [1.29, 1.82) is 0 Å². The highest BCUT2D eigenvalue weighted by molar-refractivity contribution is 6.39. The Kier molecular flexibility index (Phi) is 5.76. The van der Waals surface area contributed by atoms with Crippen molar-refractivity contribution in [3.8, 4) is 5.75 Å². The molecule has 1 aliphatic rings. The second kappa shape index (κ2) is 8.22. The van der Waals surface area contributed by atoms with Crippen LogP contribution in [0.1, 0.15) is 18.1 Å². The van der Waals surface area contributed by atoms with Crippen LogP contribution in [0.25, 0.3) is 0 Å². The lowest BCUT2D eigenvalue weighted by Gasteiger charge is -2.27. The maximum absolute atomic E-state index is 12.2. The molecule has 0 radical (unpaired) electrons. The summed E-state index contributed by atoms with van der Waals surface area (Å²) >= 11 is 0. The molecule has 6 heteroatoms. The van der Waals surface area contributed by atoms with Crippen molar-refractivity contribution in [2.75, 3.05) is 25.6 Å². The fraction of sp³-hybridized carbons (Fsp3) is 0.333. The summed E-state index contributed by atoms with van der Waals surface area (Å²) in [6, 6.07) is 15.0. The number of carbonyl (C=O) groups is 2. The molecule has 0 saturated carbocycles. The molecule has 0 bridgehead atoms. The van der Waals surface area contributed by atoms with Crippen LogP contribution in [-0.4, -0.2) is 37.7 Å². The number of fused-ring (bicyclic) bond motifs is 1. The highest BCUT2D eigenvalue weighted by Crippen LogP contribution is 2.32. The second-order valence-corrected chi connectivity index (χ2v) is 6.60. The number of benzene rings is 2. The predicted molar refractivity (Wildman–Crippen MR) is 103 cm³/mol. The van der Waals surface area contributed by atoms with Crippen LogP contribution < -0.4 is 15.4 Å². The lowest BCUT2D eigenvalue weighted by atomic mass is 10.00. The zero-order chi connectivity index (χ0) is 19.3. The van der Waals surface area contributed by atoms with Crippen LogP contribution in [0.4, 0.5) is 5.69 Å². The van der Waals surface area contributed by atoms with E-state index in [2.05, 4.69) is 22.8 Å². The minimum absolute atomic E-state index is 0.272. The minimum Gasteiger partial charge on any atom is -0.494 e. The van der Waals surface area contributed by atoms with Gasteiger partial charge < -0.3 is 20.1 Å². The van der Waals surface area contributed by atoms with E-state index in [1.807, 2.05) is 19.1 Å². The lowest BCUT2D eigenvalue weighted by molar-refractivity contribution is -0.137. The van der Waals surface area contributed by atoms with Gasteiger partial charge in [0.1, 0.15) is 5.75 Å². The topological polar surface area (TPSA) is 76.7 Å². The molecule has 3 rings (SSSR count). The van der Waals surface area contributed by atoms with Crippen LogP contribution in [0.15, 0.2) is 48.5 Å². The molecule has 1 aliphatic carbocycles. The highest BCUT2D eigenvalue weighted by Gasteiger charge is 2.37. The average Bonchev–Trinajstić information content (AvgIpc) is 3.07. The molecule has 2 aromatic carbocycles. The summed E-state index contributed by atoms with van der Waals surface area (Å²) in [7, 11) is 1.64. The molecule has 0 aliphatic heterocycles. The van der Waals surface area contributed by atoms with E-state index in [-0.39, 0.29) is 6.54 Å². The molecule has 2 amide bonds. The summed E-state index contributed by atoms with van der Waals surface area (Å²) in [6.45, 7) is 2.74. The Hall–Kier alpha value is -2.86. The van der Waals surface area contributed by atoms with Gasteiger partial charge in [0.15, 0.2) is 0 Å². The van der Waals surface area contributed by atoms with Gasteiger partial charge in [-0.25, -0.2) is 0 Å². The standard InChI is InChI=1S/C21H24N2O4/c1-3-27-18-10-8-17(9-11-18)23-20(25)19(24)22-14-21(26-2)12-15-6-4-5-7-16(15)13-21/h4-11H,3,12-14H2,1-2H3,(H,22,24)(H,23,25). The second-order valence-electron chi connectivity index (χ2n) is 6.60. The molecule has 0 fully saturated rings. The van der Waals surface area contributed by atoms with Gasteiger partial charge in [-0.05, 0) is 42.3 Å². The third kappa shape index (κ3) is 4.46. The molecule has 0 unspecified atom stereocenters. The van der Waals surface area contributed by atoms with E-state index in [0.717, 1.165) is 0 Å².